The third kappa shape index (κ3) is 3.14. The van der Waals surface area contributed by atoms with Gasteiger partial charge in [-0.25, -0.2) is 8.42 Å². The number of sulfonamides is 1. The Balaban J connectivity index is 2.01. The molecule has 0 saturated heterocycles. The van der Waals surface area contributed by atoms with Gasteiger partial charge in [-0.2, -0.15) is 8.70 Å². The number of benzene rings is 2. The van der Waals surface area contributed by atoms with Crippen molar-refractivity contribution in [3.63, 3.8) is 0 Å². The third-order valence-corrected chi connectivity index (χ3v) is 6.43. The lowest BCUT2D eigenvalue weighted by Crippen LogP contribution is -2.33. The highest BCUT2D eigenvalue weighted by molar-refractivity contribution is 7.89. The summed E-state index contributed by atoms with van der Waals surface area (Å²) in [4.78, 5) is 9.68. The number of halogens is 1. The van der Waals surface area contributed by atoms with Gasteiger partial charge in [0.1, 0.15) is 0 Å². The number of hydrogen-bond donors (Lipinski definition) is 0. The van der Waals surface area contributed by atoms with E-state index in [2.05, 4.69) is 0 Å². The Bertz CT molecular complexity index is 930. The maximum atomic E-state index is 13.5. The van der Waals surface area contributed by atoms with Crippen LogP contribution >= 0.6 is 0 Å². The van der Waals surface area contributed by atoms with Gasteiger partial charge < -0.3 is 0 Å². The van der Waals surface area contributed by atoms with E-state index in [0.717, 1.165) is 42.2 Å². The molecule has 8 heteroatoms. The van der Waals surface area contributed by atoms with Crippen LogP contribution in [0.5, 0.6) is 0 Å². The molecule has 0 aromatic heterocycles. The van der Waals surface area contributed by atoms with Crippen LogP contribution in [0.25, 0.3) is 0 Å². The van der Waals surface area contributed by atoms with E-state index < -0.39 is 26.5 Å². The lowest BCUT2D eigenvalue weighted by molar-refractivity contribution is -0.387. The SMILES string of the molecule is CN([C@@H]1CCCc2ccccc21)S(=O)(=O)c1ccc(F)c([N+](=O)[O-])c1. The fourth-order valence-electron chi connectivity index (χ4n) is 3.23. The summed E-state index contributed by atoms with van der Waals surface area (Å²) in [6.07, 6.45) is 2.41. The molecular formula is C17H17FN2O4S. The number of aryl methyl sites for hydroxylation is 1. The lowest BCUT2D eigenvalue weighted by atomic mass is 9.88. The van der Waals surface area contributed by atoms with E-state index in [4.69, 9.17) is 0 Å². The largest absolute Gasteiger partial charge is 0.306 e. The van der Waals surface area contributed by atoms with Gasteiger partial charge in [0.15, 0.2) is 0 Å². The summed E-state index contributed by atoms with van der Waals surface area (Å²) in [6.45, 7) is 0. The number of fused-ring (bicyclic) bond motifs is 1. The predicted molar refractivity (Wildman–Crippen MR) is 90.1 cm³/mol. The number of nitro benzene ring substituents is 1. The molecule has 3 rings (SSSR count). The van der Waals surface area contributed by atoms with Crippen molar-refractivity contribution in [1.29, 1.82) is 0 Å². The highest BCUT2D eigenvalue weighted by atomic mass is 32.2. The minimum Gasteiger partial charge on any atom is -0.258 e. The van der Waals surface area contributed by atoms with Crippen LogP contribution in [0, 0.1) is 15.9 Å². The maximum Gasteiger partial charge on any atom is 0.306 e. The normalized spacial score (nSPS) is 17.3. The van der Waals surface area contributed by atoms with Gasteiger partial charge >= 0.3 is 5.69 Å². The average Bonchev–Trinajstić information content (AvgIpc) is 2.60. The minimum atomic E-state index is -3.99. The van der Waals surface area contributed by atoms with Gasteiger partial charge in [0.2, 0.25) is 15.8 Å². The van der Waals surface area contributed by atoms with Crippen LogP contribution in [0.3, 0.4) is 0 Å². The topological polar surface area (TPSA) is 80.5 Å². The van der Waals surface area contributed by atoms with Crippen LogP contribution in [-0.4, -0.2) is 24.7 Å². The Kier molecular flexibility index (Phi) is 4.57. The van der Waals surface area contributed by atoms with E-state index in [0.29, 0.717) is 6.42 Å². The molecule has 0 heterocycles. The van der Waals surface area contributed by atoms with Gasteiger partial charge in [-0.3, -0.25) is 10.1 Å². The summed E-state index contributed by atoms with van der Waals surface area (Å²) < 4.78 is 40.6. The standard InChI is InChI=1S/C17H17FN2O4S/c1-19(16-8-4-6-12-5-2-3-7-14(12)16)25(23,24)13-9-10-15(18)17(11-13)20(21)22/h2-3,5,7,9-11,16H,4,6,8H2,1H3/t16-/m1/s1. The molecule has 0 fully saturated rings. The summed E-state index contributed by atoms with van der Waals surface area (Å²) >= 11 is 0. The molecule has 0 unspecified atom stereocenters. The van der Waals surface area contributed by atoms with E-state index in [1.54, 1.807) is 0 Å². The summed E-state index contributed by atoms with van der Waals surface area (Å²) in [5, 5.41) is 10.9. The second-order valence-corrected chi connectivity index (χ2v) is 8.00. The molecule has 6 nitrogen and oxygen atoms in total. The van der Waals surface area contributed by atoms with Crippen LogP contribution in [0.4, 0.5) is 10.1 Å². The molecule has 1 atom stereocenters. The molecule has 1 aliphatic rings. The molecule has 2 aromatic carbocycles. The fraction of sp³-hybridized carbons (Fsp3) is 0.294. The van der Waals surface area contributed by atoms with Crippen molar-refractivity contribution in [2.75, 3.05) is 7.05 Å². The molecule has 0 amide bonds. The highest BCUT2D eigenvalue weighted by Crippen LogP contribution is 2.36. The first kappa shape index (κ1) is 17.5. The summed E-state index contributed by atoms with van der Waals surface area (Å²) in [7, 11) is -2.54. The zero-order chi connectivity index (χ0) is 18.2. The third-order valence-electron chi connectivity index (χ3n) is 4.57. The molecule has 0 N–H and O–H groups in total. The molecule has 2 aromatic rings. The molecule has 1 aliphatic carbocycles. The van der Waals surface area contributed by atoms with Crippen LogP contribution in [-0.2, 0) is 16.4 Å². The van der Waals surface area contributed by atoms with E-state index in [-0.39, 0.29) is 10.9 Å². The predicted octanol–water partition coefficient (Wildman–Crippen LogP) is 3.43. The van der Waals surface area contributed by atoms with Crippen LogP contribution in [0.1, 0.15) is 30.0 Å². The summed E-state index contributed by atoms with van der Waals surface area (Å²) in [5.74, 6) is -1.06. The van der Waals surface area contributed by atoms with Crippen molar-refractivity contribution < 1.29 is 17.7 Å². The number of rotatable bonds is 4. The molecular weight excluding hydrogens is 347 g/mol. The van der Waals surface area contributed by atoms with Crippen molar-refractivity contribution in [1.82, 2.24) is 4.31 Å². The summed E-state index contributed by atoms with van der Waals surface area (Å²) in [6, 6.07) is 9.95. The molecule has 0 saturated carbocycles. The molecule has 25 heavy (non-hydrogen) atoms. The molecule has 0 bridgehead atoms. The van der Waals surface area contributed by atoms with Gasteiger partial charge in [-0.05, 0) is 42.5 Å². The second kappa shape index (κ2) is 6.53. The van der Waals surface area contributed by atoms with E-state index in [1.165, 1.54) is 11.4 Å². The molecule has 0 aliphatic heterocycles. The monoisotopic (exact) mass is 364 g/mol. The smallest absolute Gasteiger partial charge is 0.258 e. The number of nitro groups is 1. The average molecular weight is 364 g/mol. The quantitative estimate of drug-likeness (QED) is 0.615. The Morgan fingerprint density at radius 3 is 2.68 bits per heavy atom. The van der Waals surface area contributed by atoms with Crippen LogP contribution in [0.15, 0.2) is 47.4 Å². The minimum absolute atomic E-state index is 0.286. The summed E-state index contributed by atoms with van der Waals surface area (Å²) in [5.41, 5.74) is 1.20. The zero-order valence-electron chi connectivity index (χ0n) is 13.6. The Hall–Kier alpha value is -2.32. The van der Waals surface area contributed by atoms with E-state index >= 15 is 0 Å². The second-order valence-electron chi connectivity index (χ2n) is 6.00. The van der Waals surface area contributed by atoms with Crippen molar-refractivity contribution in [2.24, 2.45) is 0 Å². The first-order valence-electron chi connectivity index (χ1n) is 7.82. The van der Waals surface area contributed by atoms with E-state index in [9.17, 15) is 22.9 Å². The Morgan fingerprint density at radius 2 is 1.96 bits per heavy atom. The van der Waals surface area contributed by atoms with Crippen molar-refractivity contribution in [2.45, 2.75) is 30.2 Å². The first-order valence-corrected chi connectivity index (χ1v) is 9.26. The highest BCUT2D eigenvalue weighted by Gasteiger charge is 2.33. The van der Waals surface area contributed by atoms with Crippen molar-refractivity contribution in [3.05, 3.63) is 69.5 Å². The number of hydrogen-bond acceptors (Lipinski definition) is 4. The van der Waals surface area contributed by atoms with E-state index in [1.807, 2.05) is 24.3 Å². The van der Waals surface area contributed by atoms with Crippen LogP contribution in [0.2, 0.25) is 0 Å². The maximum absolute atomic E-state index is 13.5. The Morgan fingerprint density at radius 1 is 1.24 bits per heavy atom. The van der Waals surface area contributed by atoms with Gasteiger partial charge in [0.05, 0.1) is 9.82 Å². The molecule has 0 spiro atoms. The molecule has 132 valence electrons. The van der Waals surface area contributed by atoms with Crippen molar-refractivity contribution in [3.8, 4) is 0 Å². The fourth-order valence-corrected chi connectivity index (χ4v) is 4.62. The first-order chi connectivity index (χ1) is 11.8. The van der Waals surface area contributed by atoms with Gasteiger partial charge in [-0.1, -0.05) is 24.3 Å². The van der Waals surface area contributed by atoms with Gasteiger partial charge in [0, 0.05) is 19.2 Å². The van der Waals surface area contributed by atoms with Gasteiger partial charge in [0.25, 0.3) is 0 Å². The molecule has 0 radical (unpaired) electrons. The van der Waals surface area contributed by atoms with Gasteiger partial charge in [-0.15, -0.1) is 0 Å². The zero-order valence-corrected chi connectivity index (χ0v) is 14.4. The Labute approximate surface area is 145 Å². The van der Waals surface area contributed by atoms with Crippen LogP contribution < -0.4 is 0 Å². The van der Waals surface area contributed by atoms with Crippen molar-refractivity contribution >= 4 is 15.7 Å². The lowest BCUT2D eigenvalue weighted by Gasteiger charge is -2.32. The number of nitrogens with zero attached hydrogens (tertiary/aromatic N) is 2.